The van der Waals surface area contributed by atoms with Crippen molar-refractivity contribution in [2.45, 2.75) is 6.54 Å². The van der Waals surface area contributed by atoms with Crippen LogP contribution in [0.2, 0.25) is 0 Å². The molecular weight excluding hydrogens is 304 g/mol. The first-order chi connectivity index (χ1) is 11.0. The predicted molar refractivity (Wildman–Crippen MR) is 79.4 cm³/mol. The second-order valence-electron chi connectivity index (χ2n) is 4.48. The van der Waals surface area contributed by atoms with Gasteiger partial charge in [0.1, 0.15) is 6.54 Å². The molecule has 0 saturated heterocycles. The van der Waals surface area contributed by atoms with Crippen molar-refractivity contribution in [2.75, 3.05) is 0 Å². The first-order valence-electron chi connectivity index (χ1n) is 6.46. The van der Waals surface area contributed by atoms with E-state index in [1.165, 1.54) is 0 Å². The zero-order chi connectivity index (χ0) is 16.8. The number of aromatic nitrogens is 1. The van der Waals surface area contributed by atoms with Gasteiger partial charge in [-0.15, -0.1) is 0 Å². The third kappa shape index (κ3) is 4.24. The molecule has 0 aliphatic rings. The normalized spacial score (nSPS) is 9.91. The lowest BCUT2D eigenvalue weighted by Crippen LogP contribution is -2.44. The summed E-state index contributed by atoms with van der Waals surface area (Å²) >= 11 is 0. The molecule has 0 fully saturated rings. The van der Waals surface area contributed by atoms with Crippen LogP contribution in [0.5, 0.6) is 0 Å². The molecular formula is C14H12N4O5. The number of rotatable bonds is 4. The van der Waals surface area contributed by atoms with Gasteiger partial charge in [-0.1, -0.05) is 18.2 Å². The van der Waals surface area contributed by atoms with Crippen LogP contribution in [0.1, 0.15) is 10.4 Å². The molecule has 0 atom stereocenters. The molecule has 118 valence electrons. The molecule has 2 N–H and O–H groups in total. The molecule has 1 heterocycles. The Morgan fingerprint density at radius 1 is 1.09 bits per heavy atom. The number of carbonyl (C=O) groups excluding carboxylic acids is 2. The summed E-state index contributed by atoms with van der Waals surface area (Å²) in [5, 5.41) is 10.7. The topological polar surface area (TPSA) is 123 Å². The summed E-state index contributed by atoms with van der Waals surface area (Å²) in [7, 11) is 0. The molecule has 0 unspecified atom stereocenters. The third-order valence-corrected chi connectivity index (χ3v) is 2.84. The van der Waals surface area contributed by atoms with Gasteiger partial charge in [0.25, 0.3) is 23.1 Å². The number of nitrogens with zero attached hydrogens (tertiary/aromatic N) is 2. The van der Waals surface area contributed by atoms with Gasteiger partial charge in [-0.25, -0.2) is 0 Å². The van der Waals surface area contributed by atoms with Crippen molar-refractivity contribution in [3.05, 3.63) is 74.7 Å². The SMILES string of the molecule is O=C(Cn1cc([N+](=O)[O-])ccc1=O)NNC(=O)c1ccccc1. The Kier molecular flexibility index (Phi) is 4.82. The first-order valence-corrected chi connectivity index (χ1v) is 6.46. The fourth-order valence-electron chi connectivity index (χ4n) is 1.73. The fraction of sp³-hybridized carbons (Fsp3) is 0.0714. The monoisotopic (exact) mass is 316 g/mol. The van der Waals surface area contributed by atoms with Crippen LogP contribution in [0, 0.1) is 10.1 Å². The lowest BCUT2D eigenvalue weighted by Gasteiger charge is -2.08. The van der Waals surface area contributed by atoms with Crippen LogP contribution < -0.4 is 16.4 Å². The number of hydrogen-bond donors (Lipinski definition) is 2. The van der Waals surface area contributed by atoms with E-state index in [0.29, 0.717) is 5.56 Å². The minimum Gasteiger partial charge on any atom is -0.299 e. The lowest BCUT2D eigenvalue weighted by molar-refractivity contribution is -0.385. The Labute approximate surface area is 129 Å². The van der Waals surface area contributed by atoms with Crippen molar-refractivity contribution in [3.63, 3.8) is 0 Å². The predicted octanol–water partition coefficient (Wildman–Crippen LogP) is 0.218. The second-order valence-corrected chi connectivity index (χ2v) is 4.48. The van der Waals surface area contributed by atoms with Crippen LogP contribution in [0.3, 0.4) is 0 Å². The zero-order valence-corrected chi connectivity index (χ0v) is 11.8. The largest absolute Gasteiger partial charge is 0.299 e. The van der Waals surface area contributed by atoms with Crippen molar-refractivity contribution in [3.8, 4) is 0 Å². The van der Waals surface area contributed by atoms with Crippen LogP contribution in [-0.2, 0) is 11.3 Å². The van der Waals surface area contributed by atoms with Gasteiger partial charge in [-0.3, -0.25) is 39.9 Å². The second kappa shape index (κ2) is 6.98. The maximum absolute atomic E-state index is 11.7. The average molecular weight is 316 g/mol. The van der Waals surface area contributed by atoms with E-state index in [1.54, 1.807) is 30.3 Å². The number of hydrazine groups is 1. The van der Waals surface area contributed by atoms with Crippen LogP contribution in [0.4, 0.5) is 5.69 Å². The standard InChI is InChI=1S/C14H12N4O5/c19-12(15-16-14(21)10-4-2-1-3-5-10)9-17-8-11(18(22)23)6-7-13(17)20/h1-8H,9H2,(H,15,19)(H,16,21). The molecule has 1 aromatic carbocycles. The Morgan fingerprint density at radius 2 is 1.78 bits per heavy atom. The fourth-order valence-corrected chi connectivity index (χ4v) is 1.73. The summed E-state index contributed by atoms with van der Waals surface area (Å²) in [4.78, 5) is 45.0. The van der Waals surface area contributed by atoms with Crippen molar-refractivity contribution in [2.24, 2.45) is 0 Å². The molecule has 0 saturated carbocycles. The molecule has 9 heteroatoms. The highest BCUT2D eigenvalue weighted by atomic mass is 16.6. The first kappa shape index (κ1) is 15.9. The van der Waals surface area contributed by atoms with Crippen LogP contribution >= 0.6 is 0 Å². The molecule has 0 bridgehead atoms. The van der Waals surface area contributed by atoms with Crippen molar-refractivity contribution < 1.29 is 14.5 Å². The maximum Gasteiger partial charge on any atom is 0.285 e. The van der Waals surface area contributed by atoms with Gasteiger partial charge in [0, 0.05) is 17.7 Å². The third-order valence-electron chi connectivity index (χ3n) is 2.84. The number of hydrogen-bond acceptors (Lipinski definition) is 5. The molecule has 2 amide bonds. The molecule has 1 aromatic heterocycles. The summed E-state index contributed by atoms with van der Waals surface area (Å²) in [6, 6.07) is 10.2. The maximum atomic E-state index is 11.7. The summed E-state index contributed by atoms with van der Waals surface area (Å²) in [6.45, 7) is -0.463. The molecule has 2 aromatic rings. The van der Waals surface area contributed by atoms with Crippen LogP contribution in [0.25, 0.3) is 0 Å². The molecule has 0 aliphatic heterocycles. The molecule has 2 rings (SSSR count). The van der Waals surface area contributed by atoms with Gasteiger partial charge in [0.2, 0.25) is 0 Å². The van der Waals surface area contributed by atoms with E-state index in [-0.39, 0.29) is 5.69 Å². The number of amides is 2. The smallest absolute Gasteiger partial charge is 0.285 e. The van der Waals surface area contributed by atoms with Gasteiger partial charge < -0.3 is 0 Å². The van der Waals surface area contributed by atoms with E-state index in [0.717, 1.165) is 22.9 Å². The van der Waals surface area contributed by atoms with Gasteiger partial charge in [0.05, 0.1) is 11.1 Å². The number of nitrogens with one attached hydrogen (secondary N) is 2. The minimum atomic E-state index is -0.697. The quantitative estimate of drug-likeness (QED) is 0.617. The highest BCUT2D eigenvalue weighted by Gasteiger charge is 2.11. The molecule has 0 aliphatic carbocycles. The Balaban J connectivity index is 1.98. The van der Waals surface area contributed by atoms with E-state index in [1.807, 2.05) is 0 Å². The number of pyridine rings is 1. The van der Waals surface area contributed by atoms with Gasteiger partial charge in [-0.05, 0) is 12.1 Å². The average Bonchev–Trinajstić information content (AvgIpc) is 2.55. The zero-order valence-electron chi connectivity index (χ0n) is 11.8. The molecule has 23 heavy (non-hydrogen) atoms. The Morgan fingerprint density at radius 3 is 2.43 bits per heavy atom. The van der Waals surface area contributed by atoms with Crippen molar-refractivity contribution >= 4 is 17.5 Å². The number of benzene rings is 1. The highest BCUT2D eigenvalue weighted by molar-refractivity contribution is 5.95. The molecule has 0 spiro atoms. The summed E-state index contributed by atoms with van der Waals surface area (Å²) in [5.41, 5.74) is 3.79. The van der Waals surface area contributed by atoms with E-state index in [9.17, 15) is 24.5 Å². The summed E-state index contributed by atoms with van der Waals surface area (Å²) in [5.74, 6) is -1.22. The van der Waals surface area contributed by atoms with Crippen LogP contribution in [-0.4, -0.2) is 21.3 Å². The summed E-state index contributed by atoms with van der Waals surface area (Å²) in [6.07, 6.45) is 0.959. The van der Waals surface area contributed by atoms with Gasteiger partial charge in [-0.2, -0.15) is 0 Å². The molecule has 0 radical (unpaired) electrons. The number of carbonyl (C=O) groups is 2. The minimum absolute atomic E-state index is 0.314. The van der Waals surface area contributed by atoms with E-state index >= 15 is 0 Å². The van der Waals surface area contributed by atoms with E-state index in [2.05, 4.69) is 10.9 Å². The Bertz CT molecular complexity index is 800. The van der Waals surface area contributed by atoms with Gasteiger partial charge >= 0.3 is 0 Å². The van der Waals surface area contributed by atoms with Gasteiger partial charge in [0.15, 0.2) is 0 Å². The van der Waals surface area contributed by atoms with E-state index in [4.69, 9.17) is 0 Å². The Hall–Kier alpha value is -3.49. The summed E-state index contributed by atoms with van der Waals surface area (Å²) < 4.78 is 0.877. The number of nitro groups is 1. The van der Waals surface area contributed by atoms with Crippen molar-refractivity contribution in [1.82, 2.24) is 15.4 Å². The molecule has 9 nitrogen and oxygen atoms in total. The lowest BCUT2D eigenvalue weighted by atomic mass is 10.2. The van der Waals surface area contributed by atoms with Crippen molar-refractivity contribution in [1.29, 1.82) is 0 Å². The highest BCUT2D eigenvalue weighted by Crippen LogP contribution is 2.06. The van der Waals surface area contributed by atoms with E-state index < -0.39 is 28.8 Å². The van der Waals surface area contributed by atoms with Crippen LogP contribution in [0.15, 0.2) is 53.5 Å².